The minimum absolute atomic E-state index is 0.252. The molecule has 0 unspecified atom stereocenters. The van der Waals surface area contributed by atoms with E-state index in [2.05, 4.69) is 5.92 Å². The van der Waals surface area contributed by atoms with Crippen LogP contribution < -0.4 is 0 Å². The molecule has 0 saturated carbocycles. The summed E-state index contributed by atoms with van der Waals surface area (Å²) < 4.78 is 10.0. The van der Waals surface area contributed by atoms with Crippen molar-refractivity contribution in [1.29, 1.82) is 0 Å². The number of hydrogen-bond donors (Lipinski definition) is 1. The molecule has 1 atom stereocenters. The molecule has 1 fully saturated rings. The van der Waals surface area contributed by atoms with E-state index in [4.69, 9.17) is 37.8 Å². The fourth-order valence-corrected chi connectivity index (χ4v) is 1.25. The molecule has 0 bridgehead atoms. The van der Waals surface area contributed by atoms with Crippen molar-refractivity contribution in [1.82, 2.24) is 0 Å². The number of carbonyl (C=O) groups is 1. The summed E-state index contributed by atoms with van der Waals surface area (Å²) >= 11 is 10.7. The van der Waals surface area contributed by atoms with Crippen molar-refractivity contribution >= 4 is 29.2 Å². The van der Waals surface area contributed by atoms with Crippen LogP contribution in [-0.4, -0.2) is 35.5 Å². The van der Waals surface area contributed by atoms with E-state index in [0.717, 1.165) is 0 Å². The maximum atomic E-state index is 10.6. The molecule has 1 aliphatic heterocycles. The number of carboxylic acid groups (broad SMARTS) is 1. The van der Waals surface area contributed by atoms with Crippen LogP contribution >= 0.6 is 23.2 Å². The molecule has 6 heteroatoms. The maximum absolute atomic E-state index is 10.6. The lowest BCUT2D eigenvalue weighted by Gasteiger charge is -2.22. The lowest BCUT2D eigenvalue weighted by molar-refractivity contribution is -0.155. The van der Waals surface area contributed by atoms with Crippen LogP contribution in [0.1, 0.15) is 0 Å². The van der Waals surface area contributed by atoms with Gasteiger partial charge in [-0.1, -0.05) is 0 Å². The van der Waals surface area contributed by atoms with Crippen molar-refractivity contribution in [2.75, 3.05) is 13.2 Å². The lowest BCUT2D eigenvalue weighted by Crippen LogP contribution is -2.43. The molecular weight excluding hydrogens is 219 g/mol. The van der Waals surface area contributed by atoms with E-state index in [1.807, 2.05) is 5.38 Å². The fourth-order valence-electron chi connectivity index (χ4n) is 0.939. The van der Waals surface area contributed by atoms with Gasteiger partial charge in [-0.15, -0.1) is 11.6 Å². The predicted octanol–water partition coefficient (Wildman–Crippen LogP) is 0.621. The molecule has 0 radical (unpaired) electrons. The van der Waals surface area contributed by atoms with Crippen LogP contribution in [0.25, 0.3) is 0 Å². The Morgan fingerprint density at radius 3 is 2.46 bits per heavy atom. The highest BCUT2D eigenvalue weighted by molar-refractivity contribution is 6.32. The summed E-state index contributed by atoms with van der Waals surface area (Å²) in [4.78, 5) is 10.6. The van der Waals surface area contributed by atoms with Crippen LogP contribution in [-0.2, 0) is 14.3 Å². The van der Waals surface area contributed by atoms with Crippen molar-refractivity contribution < 1.29 is 19.4 Å². The van der Waals surface area contributed by atoms with Crippen LogP contribution in [0.4, 0.5) is 0 Å². The first-order valence-electron chi connectivity index (χ1n) is 3.40. The summed E-state index contributed by atoms with van der Waals surface area (Å²) in [7, 11) is 0. The number of carboxylic acids is 1. The first-order valence-corrected chi connectivity index (χ1v) is 4.21. The predicted molar refractivity (Wildman–Crippen MR) is 45.5 cm³/mol. The Hall–Kier alpha value is -0.470. The quantitative estimate of drug-likeness (QED) is 0.552. The van der Waals surface area contributed by atoms with Gasteiger partial charge in [0.2, 0.25) is 0 Å². The van der Waals surface area contributed by atoms with Crippen LogP contribution in [0.15, 0.2) is 0 Å². The summed E-state index contributed by atoms with van der Waals surface area (Å²) in [5.74, 6) is -0.566. The van der Waals surface area contributed by atoms with Crippen LogP contribution in [0.5, 0.6) is 0 Å². The molecule has 13 heavy (non-hydrogen) atoms. The molecule has 0 aliphatic carbocycles. The normalized spacial score (nSPS) is 21.7. The second-order valence-corrected chi connectivity index (χ2v) is 2.91. The molecular formula is C7H6Cl2O4. The second-order valence-electron chi connectivity index (χ2n) is 2.28. The van der Waals surface area contributed by atoms with E-state index in [9.17, 15) is 4.79 Å². The largest absolute Gasteiger partial charge is 0.480 e. The first kappa shape index (κ1) is 10.6. The van der Waals surface area contributed by atoms with Crippen molar-refractivity contribution in [2.24, 2.45) is 0 Å². The van der Waals surface area contributed by atoms with Gasteiger partial charge in [-0.25, -0.2) is 0 Å². The molecule has 4 nitrogen and oxygen atoms in total. The second kappa shape index (κ2) is 4.16. The third-order valence-electron chi connectivity index (χ3n) is 1.49. The topological polar surface area (TPSA) is 55.8 Å². The highest BCUT2D eigenvalue weighted by Crippen LogP contribution is 2.27. The average Bonchev–Trinajstić information content (AvgIpc) is 2.53. The van der Waals surface area contributed by atoms with E-state index in [1.165, 1.54) is 0 Å². The van der Waals surface area contributed by atoms with Crippen molar-refractivity contribution in [3.05, 3.63) is 0 Å². The molecule has 0 aromatic rings. The summed E-state index contributed by atoms with van der Waals surface area (Å²) in [5.41, 5.74) is 0. The standard InChI is InChI=1S/C7H6Cl2O4/c8-2-1-7(5(9)6(10)11)12-3-4-13-7/h5H,3-4H2,(H,10,11)/t5-/m1/s1. The Kier molecular flexibility index (Phi) is 3.40. The van der Waals surface area contributed by atoms with Crippen LogP contribution in [0, 0.1) is 11.3 Å². The lowest BCUT2D eigenvalue weighted by atomic mass is 10.2. The van der Waals surface area contributed by atoms with Gasteiger partial charge in [0.25, 0.3) is 5.79 Å². The number of hydrogen-bond acceptors (Lipinski definition) is 3. The SMILES string of the molecule is O=C(O)[C@@H](Cl)C1(C#CCl)OCCO1. The number of alkyl halides is 1. The summed E-state index contributed by atoms with van der Waals surface area (Å²) in [6, 6.07) is 0. The Labute approximate surface area is 84.7 Å². The Morgan fingerprint density at radius 2 is 2.08 bits per heavy atom. The summed E-state index contributed by atoms with van der Waals surface area (Å²) in [5, 5.41) is 9.25. The van der Waals surface area contributed by atoms with Gasteiger partial charge < -0.3 is 14.6 Å². The third-order valence-corrected chi connectivity index (χ3v) is 2.06. The molecule has 1 heterocycles. The van der Waals surface area contributed by atoms with Gasteiger partial charge in [0, 0.05) is 5.38 Å². The molecule has 0 aromatic heterocycles. The minimum Gasteiger partial charge on any atom is -0.480 e. The first-order chi connectivity index (χ1) is 6.12. The van der Waals surface area contributed by atoms with Gasteiger partial charge in [-0.2, -0.15) is 0 Å². The fraction of sp³-hybridized carbons (Fsp3) is 0.571. The van der Waals surface area contributed by atoms with Gasteiger partial charge in [0.05, 0.1) is 13.2 Å². The smallest absolute Gasteiger partial charge is 0.328 e. The molecule has 1 aliphatic rings. The number of halogens is 2. The molecule has 1 saturated heterocycles. The molecule has 1 N–H and O–H groups in total. The summed E-state index contributed by atoms with van der Waals surface area (Å²) in [6.45, 7) is 0.504. The summed E-state index contributed by atoms with van der Waals surface area (Å²) in [6.07, 6.45) is 0. The number of aliphatic carboxylic acids is 1. The van der Waals surface area contributed by atoms with Gasteiger partial charge >= 0.3 is 5.97 Å². The Bertz CT molecular complexity index is 261. The molecule has 1 rings (SSSR count). The monoisotopic (exact) mass is 224 g/mol. The van der Waals surface area contributed by atoms with Gasteiger partial charge in [-0.3, -0.25) is 4.79 Å². The van der Waals surface area contributed by atoms with Crippen molar-refractivity contribution in [3.63, 3.8) is 0 Å². The minimum atomic E-state index is -1.60. The van der Waals surface area contributed by atoms with E-state index in [-0.39, 0.29) is 13.2 Å². The molecule has 0 aromatic carbocycles. The zero-order chi connectivity index (χ0) is 9.90. The van der Waals surface area contributed by atoms with E-state index in [1.54, 1.807) is 0 Å². The number of ether oxygens (including phenoxy) is 2. The van der Waals surface area contributed by atoms with E-state index in [0.29, 0.717) is 0 Å². The zero-order valence-corrected chi connectivity index (χ0v) is 7.93. The van der Waals surface area contributed by atoms with Crippen LogP contribution in [0.3, 0.4) is 0 Å². The van der Waals surface area contributed by atoms with E-state index < -0.39 is 17.1 Å². The van der Waals surface area contributed by atoms with Crippen LogP contribution in [0.2, 0.25) is 0 Å². The highest BCUT2D eigenvalue weighted by Gasteiger charge is 2.47. The van der Waals surface area contributed by atoms with Gasteiger partial charge in [0.15, 0.2) is 5.38 Å². The Balaban J connectivity index is 2.88. The molecule has 0 spiro atoms. The van der Waals surface area contributed by atoms with Crippen molar-refractivity contribution in [3.8, 4) is 11.3 Å². The highest BCUT2D eigenvalue weighted by atomic mass is 35.5. The molecule has 0 amide bonds. The van der Waals surface area contributed by atoms with E-state index >= 15 is 0 Å². The van der Waals surface area contributed by atoms with Crippen molar-refractivity contribution in [2.45, 2.75) is 11.2 Å². The Morgan fingerprint density at radius 1 is 1.54 bits per heavy atom. The van der Waals surface area contributed by atoms with Gasteiger partial charge in [0.1, 0.15) is 0 Å². The number of rotatable bonds is 2. The average molecular weight is 225 g/mol. The third kappa shape index (κ3) is 2.06. The zero-order valence-electron chi connectivity index (χ0n) is 6.42. The molecule has 72 valence electrons. The van der Waals surface area contributed by atoms with Gasteiger partial charge in [-0.05, 0) is 17.5 Å². The maximum Gasteiger partial charge on any atom is 0.328 e.